The first-order valence-electron chi connectivity index (χ1n) is 12.6. The Morgan fingerprint density at radius 3 is 2.76 bits per heavy atom. The van der Waals surface area contributed by atoms with Crippen LogP contribution in [0.5, 0.6) is 0 Å². The maximum atomic E-state index is 12.9. The third-order valence-electron chi connectivity index (χ3n) is 6.96. The van der Waals surface area contributed by atoms with E-state index in [2.05, 4.69) is 21.3 Å². The Labute approximate surface area is 197 Å². The molecule has 0 radical (unpaired) electrons. The molecule has 2 fully saturated rings. The SMILES string of the molecule is C/C=C\C=C/Cc1nc2cnccn2c1NCC(=O)N1CCN(CCC2CCCCC2)CC1. The minimum Gasteiger partial charge on any atom is -0.361 e. The van der Waals surface area contributed by atoms with Crippen molar-refractivity contribution < 1.29 is 4.79 Å². The van der Waals surface area contributed by atoms with E-state index >= 15 is 0 Å². The molecule has 4 rings (SSSR count). The molecule has 0 aromatic carbocycles. The van der Waals surface area contributed by atoms with Gasteiger partial charge in [0.15, 0.2) is 5.65 Å². The first-order chi connectivity index (χ1) is 16.2. The zero-order valence-corrected chi connectivity index (χ0v) is 20.0. The summed E-state index contributed by atoms with van der Waals surface area (Å²) in [5.41, 5.74) is 1.71. The molecular formula is C26H38N6O. The lowest BCUT2D eigenvalue weighted by Gasteiger charge is -2.35. The van der Waals surface area contributed by atoms with Gasteiger partial charge in [0, 0.05) is 45.0 Å². The van der Waals surface area contributed by atoms with Crippen LogP contribution in [0.1, 0.15) is 51.1 Å². The quantitative estimate of drug-likeness (QED) is 0.587. The van der Waals surface area contributed by atoms with Crippen molar-refractivity contribution in [2.45, 2.75) is 51.9 Å². The highest BCUT2D eigenvalue weighted by Gasteiger charge is 2.23. The van der Waals surface area contributed by atoms with E-state index in [1.165, 1.54) is 45.1 Å². The van der Waals surface area contributed by atoms with Crippen molar-refractivity contribution in [2.24, 2.45) is 5.92 Å². The van der Waals surface area contributed by atoms with Crippen LogP contribution in [0.25, 0.3) is 5.65 Å². The Morgan fingerprint density at radius 1 is 1.15 bits per heavy atom. The van der Waals surface area contributed by atoms with Crippen molar-refractivity contribution in [2.75, 3.05) is 44.6 Å². The first kappa shape index (κ1) is 23.5. The Balaban J connectivity index is 1.28. The molecule has 1 saturated heterocycles. The number of anilines is 1. The number of hydrogen-bond donors (Lipinski definition) is 1. The average Bonchev–Trinajstić information content (AvgIpc) is 3.22. The molecule has 1 N–H and O–H groups in total. The van der Waals surface area contributed by atoms with Crippen LogP contribution in [0.15, 0.2) is 42.9 Å². The molecule has 2 aromatic heterocycles. The molecule has 33 heavy (non-hydrogen) atoms. The Morgan fingerprint density at radius 2 is 1.97 bits per heavy atom. The number of nitrogens with zero attached hydrogens (tertiary/aromatic N) is 5. The number of nitrogens with one attached hydrogen (secondary N) is 1. The van der Waals surface area contributed by atoms with Crippen molar-refractivity contribution in [3.05, 3.63) is 48.6 Å². The molecule has 7 nitrogen and oxygen atoms in total. The number of piperazine rings is 1. The monoisotopic (exact) mass is 450 g/mol. The van der Waals surface area contributed by atoms with Crippen LogP contribution in [0, 0.1) is 5.92 Å². The van der Waals surface area contributed by atoms with Crippen LogP contribution in [0.4, 0.5) is 5.82 Å². The van der Waals surface area contributed by atoms with Crippen LogP contribution >= 0.6 is 0 Å². The largest absolute Gasteiger partial charge is 0.361 e. The molecule has 1 amide bonds. The van der Waals surface area contributed by atoms with Gasteiger partial charge in [-0.05, 0) is 25.8 Å². The van der Waals surface area contributed by atoms with Gasteiger partial charge in [0.1, 0.15) is 5.82 Å². The van der Waals surface area contributed by atoms with Crippen molar-refractivity contribution in [3.8, 4) is 0 Å². The number of fused-ring (bicyclic) bond motifs is 1. The minimum atomic E-state index is 0.154. The second-order valence-electron chi connectivity index (χ2n) is 9.24. The molecule has 7 heteroatoms. The highest BCUT2D eigenvalue weighted by atomic mass is 16.2. The topological polar surface area (TPSA) is 65.8 Å². The van der Waals surface area contributed by atoms with Gasteiger partial charge in [0.2, 0.25) is 5.91 Å². The van der Waals surface area contributed by atoms with Crippen molar-refractivity contribution in [1.82, 2.24) is 24.2 Å². The van der Waals surface area contributed by atoms with E-state index in [-0.39, 0.29) is 12.5 Å². The smallest absolute Gasteiger partial charge is 0.242 e. The Kier molecular flexibility index (Phi) is 8.53. The summed E-state index contributed by atoms with van der Waals surface area (Å²) in [7, 11) is 0. The van der Waals surface area contributed by atoms with Crippen molar-refractivity contribution in [1.29, 1.82) is 0 Å². The van der Waals surface area contributed by atoms with Crippen molar-refractivity contribution >= 4 is 17.4 Å². The van der Waals surface area contributed by atoms with E-state index in [0.717, 1.165) is 49.3 Å². The van der Waals surface area contributed by atoms with Crippen LogP contribution in [-0.4, -0.2) is 69.3 Å². The number of allylic oxidation sites excluding steroid dienone is 4. The van der Waals surface area contributed by atoms with E-state index in [1.807, 2.05) is 40.6 Å². The van der Waals surface area contributed by atoms with Gasteiger partial charge in [0.25, 0.3) is 0 Å². The zero-order chi connectivity index (χ0) is 22.9. The van der Waals surface area contributed by atoms with Gasteiger partial charge in [-0.2, -0.15) is 0 Å². The molecule has 0 unspecified atom stereocenters. The number of rotatable bonds is 9. The van der Waals surface area contributed by atoms with E-state index < -0.39 is 0 Å². The minimum absolute atomic E-state index is 0.154. The van der Waals surface area contributed by atoms with Crippen molar-refractivity contribution in [3.63, 3.8) is 0 Å². The van der Waals surface area contributed by atoms with E-state index in [9.17, 15) is 4.79 Å². The predicted octanol–water partition coefficient (Wildman–Crippen LogP) is 3.93. The number of carbonyl (C=O) groups excluding carboxylic acids is 1. The molecule has 1 aliphatic heterocycles. The molecular weight excluding hydrogens is 412 g/mol. The third kappa shape index (κ3) is 6.44. The summed E-state index contributed by atoms with van der Waals surface area (Å²) in [5.74, 6) is 1.95. The highest BCUT2D eigenvalue weighted by Crippen LogP contribution is 2.26. The molecule has 3 heterocycles. The van der Waals surface area contributed by atoms with Gasteiger partial charge in [0.05, 0.1) is 18.4 Å². The molecule has 2 aromatic rings. The molecule has 0 bridgehead atoms. The molecule has 0 spiro atoms. The summed E-state index contributed by atoms with van der Waals surface area (Å²) >= 11 is 0. The Bertz CT molecular complexity index is 951. The van der Waals surface area contributed by atoms with E-state index in [0.29, 0.717) is 6.42 Å². The lowest BCUT2D eigenvalue weighted by Crippen LogP contribution is -2.50. The predicted molar refractivity (Wildman–Crippen MR) is 133 cm³/mol. The molecule has 2 aliphatic rings. The first-order valence-corrected chi connectivity index (χ1v) is 12.6. The number of carbonyl (C=O) groups is 1. The summed E-state index contributed by atoms with van der Waals surface area (Å²) in [6.07, 6.45) is 22.6. The summed E-state index contributed by atoms with van der Waals surface area (Å²) in [6.45, 7) is 7.08. The third-order valence-corrected chi connectivity index (χ3v) is 6.96. The summed E-state index contributed by atoms with van der Waals surface area (Å²) in [5, 5.41) is 3.37. The van der Waals surface area contributed by atoms with E-state index in [4.69, 9.17) is 4.98 Å². The van der Waals surface area contributed by atoms with Gasteiger partial charge in [-0.3, -0.25) is 19.1 Å². The fourth-order valence-corrected chi connectivity index (χ4v) is 4.99. The zero-order valence-electron chi connectivity index (χ0n) is 20.0. The van der Waals surface area contributed by atoms with Crippen LogP contribution in [0.3, 0.4) is 0 Å². The number of aromatic nitrogens is 3. The fourth-order valence-electron chi connectivity index (χ4n) is 4.99. The van der Waals surface area contributed by atoms with Crippen LogP contribution in [-0.2, 0) is 11.2 Å². The molecule has 1 aliphatic carbocycles. The maximum Gasteiger partial charge on any atom is 0.242 e. The average molecular weight is 451 g/mol. The fraction of sp³-hybridized carbons (Fsp3) is 0.577. The molecule has 0 atom stereocenters. The van der Waals surface area contributed by atoms with Gasteiger partial charge < -0.3 is 10.2 Å². The summed E-state index contributed by atoms with van der Waals surface area (Å²) in [4.78, 5) is 26.4. The second kappa shape index (κ2) is 12.0. The number of imidazole rings is 1. The van der Waals surface area contributed by atoms with Gasteiger partial charge in [-0.25, -0.2) is 4.98 Å². The standard InChI is InChI=1S/C26H38N6O/c1-2-3-4-8-11-23-26(32-15-13-27-20-24(32)29-23)28-21-25(33)31-18-16-30(17-19-31)14-12-22-9-6-5-7-10-22/h2-4,8,13,15,20,22,28H,5-7,9-12,14,16-19,21H2,1H3/b3-2-,8-4-. The van der Waals surface area contributed by atoms with Gasteiger partial charge in [-0.15, -0.1) is 0 Å². The summed E-state index contributed by atoms with van der Waals surface area (Å²) in [6, 6.07) is 0. The van der Waals surface area contributed by atoms with E-state index in [1.54, 1.807) is 12.4 Å². The lowest BCUT2D eigenvalue weighted by atomic mass is 9.87. The number of amides is 1. The molecule has 178 valence electrons. The lowest BCUT2D eigenvalue weighted by molar-refractivity contribution is -0.131. The Hall–Kier alpha value is -2.67. The van der Waals surface area contributed by atoms with Crippen LogP contribution in [0.2, 0.25) is 0 Å². The molecule has 1 saturated carbocycles. The summed E-state index contributed by atoms with van der Waals surface area (Å²) < 4.78 is 1.97. The highest BCUT2D eigenvalue weighted by molar-refractivity contribution is 5.81. The maximum absolute atomic E-state index is 12.9. The normalized spacial score (nSPS) is 18.6. The van der Waals surface area contributed by atoms with Crippen LogP contribution < -0.4 is 5.32 Å². The number of hydrogen-bond acceptors (Lipinski definition) is 5. The second-order valence-corrected chi connectivity index (χ2v) is 9.24. The van der Waals surface area contributed by atoms with Gasteiger partial charge in [-0.1, -0.05) is 56.4 Å². The van der Waals surface area contributed by atoms with Gasteiger partial charge >= 0.3 is 0 Å².